The van der Waals surface area contributed by atoms with Crippen LogP contribution in [0.5, 0.6) is 0 Å². The molecule has 0 bridgehead atoms. The molecule has 1 amide bonds. The van der Waals surface area contributed by atoms with Gasteiger partial charge in [-0.2, -0.15) is 0 Å². The Kier molecular flexibility index (Phi) is 6.43. The third kappa shape index (κ3) is 3.49. The minimum absolute atomic E-state index is 0. The van der Waals surface area contributed by atoms with E-state index in [9.17, 15) is 4.79 Å². The lowest BCUT2D eigenvalue weighted by atomic mass is 9.84. The fourth-order valence-electron chi connectivity index (χ4n) is 2.93. The molecule has 1 aliphatic carbocycles. The van der Waals surface area contributed by atoms with Crippen LogP contribution < -0.4 is 5.73 Å². The van der Waals surface area contributed by atoms with E-state index in [1.807, 2.05) is 24.0 Å². The van der Waals surface area contributed by atoms with Crippen molar-refractivity contribution in [3.05, 3.63) is 30.1 Å². The van der Waals surface area contributed by atoms with E-state index < -0.39 is 0 Å². The first-order valence-corrected chi connectivity index (χ1v) is 7.10. The highest BCUT2D eigenvalue weighted by Crippen LogP contribution is 2.39. The number of pyridine rings is 1. The summed E-state index contributed by atoms with van der Waals surface area (Å²) in [5.74, 6) is 0.229. The Morgan fingerprint density at radius 1 is 1.35 bits per heavy atom. The molecule has 4 nitrogen and oxygen atoms in total. The second-order valence-corrected chi connectivity index (χ2v) is 5.37. The van der Waals surface area contributed by atoms with Crippen LogP contribution in [0.15, 0.2) is 24.5 Å². The number of halogens is 1. The van der Waals surface area contributed by atoms with Crippen LogP contribution in [0.3, 0.4) is 0 Å². The van der Waals surface area contributed by atoms with Crippen LogP contribution in [0, 0.1) is 5.41 Å². The fourth-order valence-corrected chi connectivity index (χ4v) is 2.93. The highest BCUT2D eigenvalue weighted by Gasteiger charge is 2.41. The maximum absolute atomic E-state index is 12.8. The molecule has 0 spiro atoms. The van der Waals surface area contributed by atoms with E-state index in [0.29, 0.717) is 13.1 Å². The Morgan fingerprint density at radius 2 is 1.95 bits per heavy atom. The van der Waals surface area contributed by atoms with Crippen molar-refractivity contribution in [1.82, 2.24) is 9.88 Å². The lowest BCUT2D eigenvalue weighted by Gasteiger charge is -2.33. The summed E-state index contributed by atoms with van der Waals surface area (Å²) in [6.07, 6.45) is 7.65. The molecule has 2 rings (SSSR count). The van der Waals surface area contributed by atoms with Gasteiger partial charge in [0, 0.05) is 32.0 Å². The minimum Gasteiger partial charge on any atom is -0.338 e. The van der Waals surface area contributed by atoms with Crippen molar-refractivity contribution < 1.29 is 4.79 Å². The molecule has 1 fully saturated rings. The molecule has 1 aromatic heterocycles. The zero-order valence-corrected chi connectivity index (χ0v) is 12.9. The molecular formula is C15H24ClN3O. The van der Waals surface area contributed by atoms with Gasteiger partial charge < -0.3 is 10.6 Å². The standard InChI is InChI=1S/C15H23N3O.ClH/c1-2-18(11-13-5-9-17-10-6-13)14(19)15(12-16)7-3-4-8-15;/h5-6,9-10H,2-4,7-8,11-12,16H2,1H3;1H. The van der Waals surface area contributed by atoms with Crippen LogP contribution in [0.2, 0.25) is 0 Å². The molecule has 5 heteroatoms. The van der Waals surface area contributed by atoms with Gasteiger partial charge in [-0.3, -0.25) is 9.78 Å². The number of carbonyl (C=O) groups excluding carboxylic acids is 1. The van der Waals surface area contributed by atoms with Crippen molar-refractivity contribution in [2.24, 2.45) is 11.1 Å². The van der Waals surface area contributed by atoms with E-state index in [1.54, 1.807) is 12.4 Å². The smallest absolute Gasteiger partial charge is 0.230 e. The zero-order valence-electron chi connectivity index (χ0n) is 12.0. The van der Waals surface area contributed by atoms with Gasteiger partial charge in [0.15, 0.2) is 0 Å². The topological polar surface area (TPSA) is 59.2 Å². The van der Waals surface area contributed by atoms with Crippen molar-refractivity contribution in [2.75, 3.05) is 13.1 Å². The third-order valence-electron chi connectivity index (χ3n) is 4.20. The molecule has 112 valence electrons. The van der Waals surface area contributed by atoms with Crippen LogP contribution in [0.25, 0.3) is 0 Å². The lowest BCUT2D eigenvalue weighted by molar-refractivity contribution is -0.141. The normalized spacial score (nSPS) is 16.5. The Labute approximate surface area is 127 Å². The number of nitrogens with zero attached hydrogens (tertiary/aromatic N) is 2. The average Bonchev–Trinajstić information content (AvgIpc) is 2.95. The molecule has 2 N–H and O–H groups in total. The number of rotatable bonds is 5. The molecule has 0 radical (unpaired) electrons. The zero-order chi connectivity index (χ0) is 13.7. The third-order valence-corrected chi connectivity index (χ3v) is 4.20. The van der Waals surface area contributed by atoms with Gasteiger partial charge in [0.25, 0.3) is 0 Å². The van der Waals surface area contributed by atoms with Gasteiger partial charge in [0.05, 0.1) is 5.41 Å². The van der Waals surface area contributed by atoms with Crippen molar-refractivity contribution in [1.29, 1.82) is 0 Å². The van der Waals surface area contributed by atoms with Crippen LogP contribution in [-0.2, 0) is 11.3 Å². The summed E-state index contributed by atoms with van der Waals surface area (Å²) < 4.78 is 0. The van der Waals surface area contributed by atoms with Crippen molar-refractivity contribution in [2.45, 2.75) is 39.2 Å². The molecule has 1 heterocycles. The SMILES string of the molecule is CCN(Cc1ccncc1)C(=O)C1(CN)CCCC1.Cl. The van der Waals surface area contributed by atoms with Crippen molar-refractivity contribution in [3.8, 4) is 0 Å². The van der Waals surface area contributed by atoms with Gasteiger partial charge in [-0.1, -0.05) is 12.8 Å². The van der Waals surface area contributed by atoms with Gasteiger partial charge in [0.1, 0.15) is 0 Å². The van der Waals surface area contributed by atoms with Gasteiger partial charge >= 0.3 is 0 Å². The van der Waals surface area contributed by atoms with Crippen LogP contribution in [0.1, 0.15) is 38.2 Å². The molecule has 0 unspecified atom stereocenters. The largest absolute Gasteiger partial charge is 0.338 e. The molecule has 1 saturated carbocycles. The first-order chi connectivity index (χ1) is 9.22. The maximum Gasteiger partial charge on any atom is 0.230 e. The quantitative estimate of drug-likeness (QED) is 0.908. The summed E-state index contributed by atoms with van der Waals surface area (Å²) in [4.78, 5) is 18.7. The number of amides is 1. The molecule has 1 aliphatic rings. The van der Waals surface area contributed by atoms with Crippen molar-refractivity contribution in [3.63, 3.8) is 0 Å². The molecule has 0 aromatic carbocycles. The van der Waals surface area contributed by atoms with Crippen molar-refractivity contribution >= 4 is 18.3 Å². The Morgan fingerprint density at radius 3 is 2.45 bits per heavy atom. The Hall–Kier alpha value is -1.13. The van der Waals surface area contributed by atoms with E-state index in [0.717, 1.165) is 37.8 Å². The van der Waals surface area contributed by atoms with Gasteiger partial charge in [-0.05, 0) is 37.5 Å². The first kappa shape index (κ1) is 16.9. The minimum atomic E-state index is -0.303. The lowest BCUT2D eigenvalue weighted by Crippen LogP contribution is -2.46. The summed E-state index contributed by atoms with van der Waals surface area (Å²) in [5, 5.41) is 0. The van der Waals surface area contributed by atoms with Gasteiger partial charge in [-0.15, -0.1) is 12.4 Å². The van der Waals surface area contributed by atoms with E-state index in [-0.39, 0.29) is 23.7 Å². The summed E-state index contributed by atoms with van der Waals surface area (Å²) in [7, 11) is 0. The summed E-state index contributed by atoms with van der Waals surface area (Å²) >= 11 is 0. The average molecular weight is 298 g/mol. The van der Waals surface area contributed by atoms with Gasteiger partial charge in [0.2, 0.25) is 5.91 Å². The molecular weight excluding hydrogens is 274 g/mol. The van der Waals surface area contributed by atoms with Crippen LogP contribution in [0.4, 0.5) is 0 Å². The summed E-state index contributed by atoms with van der Waals surface area (Å²) in [6.45, 7) is 3.87. The van der Waals surface area contributed by atoms with E-state index >= 15 is 0 Å². The van der Waals surface area contributed by atoms with E-state index in [4.69, 9.17) is 5.73 Å². The molecule has 0 atom stereocenters. The second-order valence-electron chi connectivity index (χ2n) is 5.37. The predicted octanol–water partition coefficient (Wildman–Crippen LogP) is 2.37. The van der Waals surface area contributed by atoms with E-state index in [1.165, 1.54) is 0 Å². The Bertz CT molecular complexity index is 418. The number of carbonyl (C=O) groups is 1. The summed E-state index contributed by atoms with van der Waals surface area (Å²) in [5.41, 5.74) is 6.72. The number of aromatic nitrogens is 1. The number of hydrogen-bond donors (Lipinski definition) is 1. The first-order valence-electron chi connectivity index (χ1n) is 7.10. The highest BCUT2D eigenvalue weighted by atomic mass is 35.5. The fraction of sp³-hybridized carbons (Fsp3) is 0.600. The second kappa shape index (κ2) is 7.60. The summed E-state index contributed by atoms with van der Waals surface area (Å²) in [6, 6.07) is 3.92. The maximum atomic E-state index is 12.8. The van der Waals surface area contributed by atoms with Crippen LogP contribution in [-0.4, -0.2) is 28.9 Å². The predicted molar refractivity (Wildman–Crippen MR) is 82.5 cm³/mol. The highest BCUT2D eigenvalue weighted by molar-refractivity contribution is 5.85. The van der Waals surface area contributed by atoms with Crippen LogP contribution >= 0.6 is 12.4 Å². The Balaban J connectivity index is 0.00000200. The number of nitrogens with two attached hydrogens (primary N) is 1. The monoisotopic (exact) mass is 297 g/mol. The van der Waals surface area contributed by atoms with E-state index in [2.05, 4.69) is 4.98 Å². The molecule has 20 heavy (non-hydrogen) atoms. The molecule has 0 saturated heterocycles. The number of hydrogen-bond acceptors (Lipinski definition) is 3. The molecule has 1 aromatic rings. The van der Waals surface area contributed by atoms with Gasteiger partial charge in [-0.25, -0.2) is 0 Å². The molecule has 0 aliphatic heterocycles.